The van der Waals surface area contributed by atoms with E-state index in [4.69, 9.17) is 0 Å². The first-order valence-electron chi connectivity index (χ1n) is 3.33. The lowest BCUT2D eigenvalue weighted by atomic mass is 10.3. The number of aromatic nitrogens is 2. The van der Waals surface area contributed by atoms with Crippen LogP contribution >= 0.6 is 12.4 Å². The quantitative estimate of drug-likeness (QED) is 0.746. The molecule has 0 fully saturated rings. The minimum Gasteiger partial charge on any atom is -0.311 e. The highest BCUT2D eigenvalue weighted by Gasteiger charge is 2.01. The molecule has 1 rings (SSSR count). The van der Waals surface area contributed by atoms with Crippen LogP contribution in [0.25, 0.3) is 0 Å². The van der Waals surface area contributed by atoms with Gasteiger partial charge < -0.3 is 5.32 Å². The molecule has 0 aliphatic rings. The Morgan fingerprint density at radius 2 is 2.18 bits per heavy atom. The fraction of sp³-hybridized carbons (Fsp3) is 0.667. The van der Waals surface area contributed by atoms with Crippen molar-refractivity contribution in [2.75, 3.05) is 6.54 Å². The summed E-state index contributed by atoms with van der Waals surface area (Å²) in [7, 11) is 0. The first kappa shape index (κ1) is 10.4. The van der Waals surface area contributed by atoms with E-state index in [9.17, 15) is 0 Å². The van der Waals surface area contributed by atoms with Crippen molar-refractivity contribution in [2.24, 2.45) is 0 Å². The van der Waals surface area contributed by atoms with Crippen LogP contribution in [0.2, 0.25) is 0 Å². The number of hydrogen-bond donors (Lipinski definition) is 1. The van der Waals surface area contributed by atoms with Crippen molar-refractivity contribution in [1.29, 1.82) is 0 Å². The van der Waals surface area contributed by atoms with E-state index in [1.165, 1.54) is 0 Å². The fourth-order valence-electron chi connectivity index (χ4n) is 0.653. The van der Waals surface area contributed by atoms with E-state index in [-0.39, 0.29) is 12.4 Å². The Morgan fingerprint density at radius 1 is 1.45 bits per heavy atom. The van der Waals surface area contributed by atoms with Crippen LogP contribution in [0, 0.1) is 6.92 Å². The number of aryl methyl sites for hydroxylation is 1. The Labute approximate surface area is 71.7 Å². The monoisotopic (exact) mass is 177 g/mol. The minimum absolute atomic E-state index is 0. The summed E-state index contributed by atoms with van der Waals surface area (Å²) in [6.07, 6.45) is 0. The van der Waals surface area contributed by atoms with Crippen molar-refractivity contribution in [1.82, 2.24) is 15.6 Å². The predicted molar refractivity (Wildman–Crippen MR) is 43.7 cm³/mol. The van der Waals surface area contributed by atoms with Gasteiger partial charge in [-0.1, -0.05) is 17.2 Å². The summed E-state index contributed by atoms with van der Waals surface area (Å²) in [5, 5.41) is 10.5. The highest BCUT2D eigenvalue weighted by Crippen LogP contribution is 1.98. The smallest absolute Gasteiger partial charge is 0.121 e. The van der Waals surface area contributed by atoms with Crippen LogP contribution < -0.4 is 5.32 Å². The van der Waals surface area contributed by atoms with Crippen LogP contribution in [0.3, 0.4) is 0 Å². The fourth-order valence-corrected chi connectivity index (χ4v) is 0.653. The first-order valence-corrected chi connectivity index (χ1v) is 3.33. The summed E-state index contributed by atoms with van der Waals surface area (Å²) < 4.78 is 4.50. The van der Waals surface area contributed by atoms with Gasteiger partial charge in [-0.15, -0.1) is 12.4 Å². The van der Waals surface area contributed by atoms with Crippen molar-refractivity contribution in [3.05, 3.63) is 11.4 Å². The Hall–Kier alpha value is -0.610. The maximum atomic E-state index is 4.50. The Balaban J connectivity index is 0.000001000. The second-order valence-corrected chi connectivity index (χ2v) is 2.08. The van der Waals surface area contributed by atoms with Crippen LogP contribution in [0.5, 0.6) is 0 Å². The van der Waals surface area contributed by atoms with Crippen molar-refractivity contribution >= 4 is 12.4 Å². The Morgan fingerprint density at radius 3 is 2.64 bits per heavy atom. The van der Waals surface area contributed by atoms with E-state index in [1.54, 1.807) is 0 Å². The maximum absolute atomic E-state index is 4.50. The highest BCUT2D eigenvalue weighted by molar-refractivity contribution is 5.85. The molecule has 0 bridgehead atoms. The highest BCUT2D eigenvalue weighted by atomic mass is 35.5. The second-order valence-electron chi connectivity index (χ2n) is 2.08. The number of halogens is 1. The molecule has 64 valence electrons. The van der Waals surface area contributed by atoms with E-state index in [0.29, 0.717) is 0 Å². The van der Waals surface area contributed by atoms with Gasteiger partial charge in [0.2, 0.25) is 0 Å². The molecule has 0 amide bonds. The lowest BCUT2D eigenvalue weighted by Crippen LogP contribution is -2.12. The molecule has 0 saturated carbocycles. The largest absolute Gasteiger partial charge is 0.311 e. The zero-order valence-electron chi connectivity index (χ0n) is 6.63. The molecular formula is C6H12ClN3O. The SMILES string of the molecule is CCNCc1nonc1C.Cl. The van der Waals surface area contributed by atoms with Crippen molar-refractivity contribution in [2.45, 2.75) is 20.4 Å². The summed E-state index contributed by atoms with van der Waals surface area (Å²) in [6.45, 7) is 5.60. The van der Waals surface area contributed by atoms with Crippen LogP contribution in [0.1, 0.15) is 18.3 Å². The molecule has 1 aromatic heterocycles. The Kier molecular flexibility index (Phi) is 4.81. The molecule has 1 heterocycles. The molecule has 5 heteroatoms. The van der Waals surface area contributed by atoms with Crippen LogP contribution in [0.15, 0.2) is 4.63 Å². The molecule has 0 atom stereocenters. The molecule has 0 aliphatic carbocycles. The van der Waals surface area contributed by atoms with E-state index in [0.717, 1.165) is 24.5 Å². The van der Waals surface area contributed by atoms with Gasteiger partial charge in [0.05, 0.1) is 0 Å². The summed E-state index contributed by atoms with van der Waals surface area (Å²) in [6, 6.07) is 0. The molecule has 0 aromatic carbocycles. The number of nitrogens with zero attached hydrogens (tertiary/aromatic N) is 2. The molecule has 1 N–H and O–H groups in total. The third-order valence-corrected chi connectivity index (χ3v) is 1.29. The van der Waals surface area contributed by atoms with Gasteiger partial charge in [-0.05, 0) is 13.5 Å². The van der Waals surface area contributed by atoms with Crippen molar-refractivity contribution in [3.8, 4) is 0 Å². The zero-order chi connectivity index (χ0) is 7.40. The predicted octanol–water partition coefficient (Wildman–Crippen LogP) is 0.909. The van der Waals surface area contributed by atoms with Crippen LogP contribution in [0.4, 0.5) is 0 Å². The molecule has 1 aromatic rings. The van der Waals surface area contributed by atoms with E-state index < -0.39 is 0 Å². The van der Waals surface area contributed by atoms with Gasteiger partial charge in [0.1, 0.15) is 11.4 Å². The van der Waals surface area contributed by atoms with Gasteiger partial charge in [-0.3, -0.25) is 0 Å². The van der Waals surface area contributed by atoms with Gasteiger partial charge in [-0.25, -0.2) is 4.63 Å². The second kappa shape index (κ2) is 5.09. The molecule has 0 unspecified atom stereocenters. The zero-order valence-corrected chi connectivity index (χ0v) is 7.44. The van der Waals surface area contributed by atoms with Crippen LogP contribution in [-0.2, 0) is 6.54 Å². The summed E-state index contributed by atoms with van der Waals surface area (Å²) in [5.41, 5.74) is 1.75. The van der Waals surface area contributed by atoms with Crippen molar-refractivity contribution in [3.63, 3.8) is 0 Å². The number of hydrogen-bond acceptors (Lipinski definition) is 4. The van der Waals surface area contributed by atoms with E-state index in [1.807, 2.05) is 13.8 Å². The van der Waals surface area contributed by atoms with Gasteiger partial charge in [0.15, 0.2) is 0 Å². The topological polar surface area (TPSA) is 51.0 Å². The molecule has 0 aliphatic heterocycles. The first-order chi connectivity index (χ1) is 4.84. The molecule has 0 spiro atoms. The molecule has 0 radical (unpaired) electrons. The molecule has 0 saturated heterocycles. The summed E-state index contributed by atoms with van der Waals surface area (Å²) in [5.74, 6) is 0. The number of rotatable bonds is 3. The van der Waals surface area contributed by atoms with Crippen molar-refractivity contribution < 1.29 is 4.63 Å². The number of nitrogens with one attached hydrogen (secondary N) is 1. The van der Waals surface area contributed by atoms with E-state index in [2.05, 4.69) is 20.3 Å². The van der Waals surface area contributed by atoms with Gasteiger partial charge in [0.25, 0.3) is 0 Å². The lowest BCUT2D eigenvalue weighted by Gasteiger charge is -1.94. The third kappa shape index (κ3) is 2.86. The Bertz CT molecular complexity index is 201. The minimum atomic E-state index is 0. The van der Waals surface area contributed by atoms with Gasteiger partial charge in [0, 0.05) is 6.54 Å². The molecule has 11 heavy (non-hydrogen) atoms. The summed E-state index contributed by atoms with van der Waals surface area (Å²) >= 11 is 0. The molecular weight excluding hydrogens is 166 g/mol. The maximum Gasteiger partial charge on any atom is 0.121 e. The molecule has 4 nitrogen and oxygen atoms in total. The standard InChI is InChI=1S/C6H11N3O.ClH/c1-3-7-4-6-5(2)8-10-9-6;/h7H,3-4H2,1-2H3;1H. The van der Waals surface area contributed by atoms with E-state index >= 15 is 0 Å². The average molecular weight is 178 g/mol. The lowest BCUT2D eigenvalue weighted by molar-refractivity contribution is 0.300. The van der Waals surface area contributed by atoms with Crippen LogP contribution in [-0.4, -0.2) is 16.9 Å². The summed E-state index contributed by atoms with van der Waals surface area (Å²) in [4.78, 5) is 0. The third-order valence-electron chi connectivity index (χ3n) is 1.29. The van der Waals surface area contributed by atoms with Gasteiger partial charge in [-0.2, -0.15) is 0 Å². The van der Waals surface area contributed by atoms with Gasteiger partial charge >= 0.3 is 0 Å². The normalized spacial score (nSPS) is 9.27. The average Bonchev–Trinajstić information content (AvgIpc) is 2.31.